The predicted molar refractivity (Wildman–Crippen MR) is 52.2 cm³/mol. The standard InChI is InChI=1S/C11H19NO/c1-2-3-8-13-11-6-4-10(9-12)5-7-11/h10-11H,2-8H2,1H3. The first-order valence-corrected chi connectivity index (χ1v) is 5.38. The Hall–Kier alpha value is -0.550. The van der Waals surface area contributed by atoms with E-state index in [1.807, 2.05) is 0 Å². The van der Waals surface area contributed by atoms with E-state index in [1.165, 1.54) is 6.42 Å². The smallest absolute Gasteiger partial charge is 0.0655 e. The SMILES string of the molecule is CCCCOC1CCC(C#N)CC1. The van der Waals surface area contributed by atoms with E-state index in [2.05, 4.69) is 13.0 Å². The van der Waals surface area contributed by atoms with Gasteiger partial charge in [-0.25, -0.2) is 0 Å². The lowest BCUT2D eigenvalue weighted by atomic mass is 9.88. The average Bonchev–Trinajstić information content (AvgIpc) is 2.19. The minimum Gasteiger partial charge on any atom is -0.378 e. The molecule has 0 aromatic heterocycles. The molecule has 1 aliphatic carbocycles. The maximum absolute atomic E-state index is 8.70. The molecule has 1 saturated carbocycles. The average molecular weight is 181 g/mol. The van der Waals surface area contributed by atoms with Crippen molar-refractivity contribution in [2.24, 2.45) is 5.92 Å². The molecule has 0 unspecified atom stereocenters. The summed E-state index contributed by atoms with van der Waals surface area (Å²) >= 11 is 0. The van der Waals surface area contributed by atoms with Gasteiger partial charge < -0.3 is 4.74 Å². The summed E-state index contributed by atoms with van der Waals surface area (Å²) in [6.07, 6.45) is 7.05. The van der Waals surface area contributed by atoms with Gasteiger partial charge in [0.25, 0.3) is 0 Å². The molecule has 0 N–H and O–H groups in total. The first-order valence-electron chi connectivity index (χ1n) is 5.38. The molecular formula is C11H19NO. The van der Waals surface area contributed by atoms with Gasteiger partial charge in [-0.05, 0) is 32.1 Å². The van der Waals surface area contributed by atoms with Gasteiger partial charge in [0.15, 0.2) is 0 Å². The lowest BCUT2D eigenvalue weighted by molar-refractivity contribution is 0.0214. The Labute approximate surface area is 80.9 Å². The fourth-order valence-corrected chi connectivity index (χ4v) is 1.75. The van der Waals surface area contributed by atoms with Crippen molar-refractivity contribution in [1.82, 2.24) is 0 Å². The zero-order valence-corrected chi connectivity index (χ0v) is 8.46. The Kier molecular flexibility index (Phi) is 4.85. The molecule has 0 radical (unpaired) electrons. The van der Waals surface area contributed by atoms with Gasteiger partial charge in [-0.1, -0.05) is 13.3 Å². The molecule has 0 bridgehead atoms. The highest BCUT2D eigenvalue weighted by Crippen LogP contribution is 2.25. The van der Waals surface area contributed by atoms with Gasteiger partial charge in [-0.2, -0.15) is 5.26 Å². The van der Waals surface area contributed by atoms with E-state index in [9.17, 15) is 0 Å². The lowest BCUT2D eigenvalue weighted by Crippen LogP contribution is -2.21. The molecule has 0 aromatic rings. The highest BCUT2D eigenvalue weighted by molar-refractivity contribution is 4.87. The fraction of sp³-hybridized carbons (Fsp3) is 0.909. The highest BCUT2D eigenvalue weighted by Gasteiger charge is 2.20. The second-order valence-corrected chi connectivity index (χ2v) is 3.83. The quantitative estimate of drug-likeness (QED) is 0.625. The van der Waals surface area contributed by atoms with Crippen molar-refractivity contribution >= 4 is 0 Å². The van der Waals surface area contributed by atoms with Gasteiger partial charge in [-0.3, -0.25) is 0 Å². The zero-order valence-electron chi connectivity index (χ0n) is 8.46. The summed E-state index contributed by atoms with van der Waals surface area (Å²) in [6.45, 7) is 3.08. The molecule has 2 nitrogen and oxygen atoms in total. The van der Waals surface area contributed by atoms with Gasteiger partial charge in [0, 0.05) is 12.5 Å². The van der Waals surface area contributed by atoms with E-state index in [4.69, 9.17) is 10.00 Å². The van der Waals surface area contributed by atoms with Crippen molar-refractivity contribution in [2.75, 3.05) is 6.61 Å². The molecule has 0 amide bonds. The second kappa shape index (κ2) is 5.99. The number of ether oxygens (including phenoxy) is 1. The van der Waals surface area contributed by atoms with Crippen molar-refractivity contribution in [3.63, 3.8) is 0 Å². The summed E-state index contributed by atoms with van der Waals surface area (Å²) in [6, 6.07) is 2.34. The molecule has 1 rings (SSSR count). The summed E-state index contributed by atoms with van der Waals surface area (Å²) in [5.74, 6) is 0.297. The number of hydrogen-bond donors (Lipinski definition) is 0. The third-order valence-corrected chi connectivity index (χ3v) is 2.71. The van der Waals surface area contributed by atoms with Crippen LogP contribution in [-0.4, -0.2) is 12.7 Å². The molecule has 74 valence electrons. The van der Waals surface area contributed by atoms with Crippen LogP contribution in [0.2, 0.25) is 0 Å². The van der Waals surface area contributed by atoms with Crippen LogP contribution in [0.5, 0.6) is 0 Å². The Morgan fingerprint density at radius 1 is 1.31 bits per heavy atom. The highest BCUT2D eigenvalue weighted by atomic mass is 16.5. The molecule has 0 atom stereocenters. The first-order chi connectivity index (χ1) is 6.36. The topological polar surface area (TPSA) is 33.0 Å². The lowest BCUT2D eigenvalue weighted by Gasteiger charge is -2.24. The Balaban J connectivity index is 2.08. The van der Waals surface area contributed by atoms with Crippen molar-refractivity contribution < 1.29 is 4.74 Å². The van der Waals surface area contributed by atoms with Crippen LogP contribution in [0.4, 0.5) is 0 Å². The predicted octanol–water partition coefficient (Wildman–Crippen LogP) is 2.89. The van der Waals surface area contributed by atoms with Crippen molar-refractivity contribution in [2.45, 2.75) is 51.6 Å². The Bertz CT molecular complexity index is 165. The third kappa shape index (κ3) is 3.78. The van der Waals surface area contributed by atoms with E-state index >= 15 is 0 Å². The van der Waals surface area contributed by atoms with E-state index in [1.54, 1.807) is 0 Å². The maximum atomic E-state index is 8.70. The van der Waals surface area contributed by atoms with Gasteiger partial charge in [0.2, 0.25) is 0 Å². The molecular weight excluding hydrogens is 162 g/mol. The van der Waals surface area contributed by atoms with Crippen LogP contribution in [-0.2, 0) is 4.74 Å². The number of rotatable bonds is 4. The van der Waals surface area contributed by atoms with Crippen LogP contribution in [0.1, 0.15) is 45.4 Å². The number of hydrogen-bond acceptors (Lipinski definition) is 2. The van der Waals surface area contributed by atoms with E-state index in [0.717, 1.165) is 38.7 Å². The Morgan fingerprint density at radius 3 is 2.54 bits per heavy atom. The summed E-state index contributed by atoms with van der Waals surface area (Å²) in [4.78, 5) is 0. The minimum atomic E-state index is 0.297. The molecule has 0 aromatic carbocycles. The largest absolute Gasteiger partial charge is 0.378 e. The summed E-state index contributed by atoms with van der Waals surface area (Å²) in [7, 11) is 0. The van der Waals surface area contributed by atoms with Crippen molar-refractivity contribution in [3.05, 3.63) is 0 Å². The van der Waals surface area contributed by atoms with Crippen molar-refractivity contribution in [1.29, 1.82) is 5.26 Å². The van der Waals surface area contributed by atoms with Crippen molar-refractivity contribution in [3.8, 4) is 6.07 Å². The number of unbranched alkanes of at least 4 members (excludes halogenated alkanes) is 1. The zero-order chi connectivity index (χ0) is 9.52. The summed E-state index contributed by atoms with van der Waals surface area (Å²) in [5, 5.41) is 8.70. The molecule has 0 heterocycles. The van der Waals surface area contributed by atoms with Crippen LogP contribution < -0.4 is 0 Å². The van der Waals surface area contributed by atoms with E-state index in [-0.39, 0.29) is 0 Å². The van der Waals surface area contributed by atoms with E-state index < -0.39 is 0 Å². The summed E-state index contributed by atoms with van der Waals surface area (Å²) < 4.78 is 5.71. The van der Waals surface area contributed by atoms with Crippen LogP contribution in [0.3, 0.4) is 0 Å². The molecule has 1 fully saturated rings. The molecule has 1 aliphatic rings. The first kappa shape index (κ1) is 10.5. The number of nitrogens with zero attached hydrogens (tertiary/aromatic N) is 1. The fourth-order valence-electron chi connectivity index (χ4n) is 1.75. The molecule has 0 aliphatic heterocycles. The van der Waals surface area contributed by atoms with Crippen LogP contribution in [0.25, 0.3) is 0 Å². The number of nitriles is 1. The van der Waals surface area contributed by atoms with Gasteiger partial charge in [-0.15, -0.1) is 0 Å². The summed E-state index contributed by atoms with van der Waals surface area (Å²) in [5.41, 5.74) is 0. The molecule has 2 heteroatoms. The molecule has 0 saturated heterocycles. The Morgan fingerprint density at radius 2 is 2.00 bits per heavy atom. The van der Waals surface area contributed by atoms with E-state index in [0.29, 0.717) is 12.0 Å². The second-order valence-electron chi connectivity index (χ2n) is 3.83. The minimum absolute atomic E-state index is 0.297. The molecule has 13 heavy (non-hydrogen) atoms. The van der Waals surface area contributed by atoms with Crippen LogP contribution in [0, 0.1) is 17.2 Å². The van der Waals surface area contributed by atoms with Crippen LogP contribution in [0.15, 0.2) is 0 Å². The monoisotopic (exact) mass is 181 g/mol. The van der Waals surface area contributed by atoms with Gasteiger partial charge in [0.1, 0.15) is 0 Å². The normalized spacial score (nSPS) is 28.3. The third-order valence-electron chi connectivity index (χ3n) is 2.71. The van der Waals surface area contributed by atoms with Gasteiger partial charge >= 0.3 is 0 Å². The van der Waals surface area contributed by atoms with Crippen LogP contribution >= 0.6 is 0 Å². The maximum Gasteiger partial charge on any atom is 0.0655 e. The molecule has 0 spiro atoms. The van der Waals surface area contributed by atoms with Gasteiger partial charge in [0.05, 0.1) is 12.2 Å².